The van der Waals surface area contributed by atoms with E-state index in [1.807, 2.05) is 23.1 Å². The van der Waals surface area contributed by atoms with Crippen LogP contribution in [0.1, 0.15) is 31.2 Å². The van der Waals surface area contributed by atoms with Crippen LogP contribution in [0.2, 0.25) is 0 Å². The van der Waals surface area contributed by atoms with E-state index in [9.17, 15) is 9.18 Å². The average molecular weight is 346 g/mol. The zero-order chi connectivity index (χ0) is 17.5. The normalized spacial score (nSPS) is 20.8. The summed E-state index contributed by atoms with van der Waals surface area (Å²) in [6, 6.07) is 7.01. The molecule has 4 nitrogen and oxygen atoms in total. The van der Waals surface area contributed by atoms with Crippen molar-refractivity contribution in [2.75, 3.05) is 39.4 Å². The van der Waals surface area contributed by atoms with Gasteiger partial charge in [-0.15, -0.1) is 0 Å². The smallest absolute Gasteiger partial charge is 0.226 e. The van der Waals surface area contributed by atoms with Gasteiger partial charge in [0.2, 0.25) is 5.91 Å². The number of hydrogen-bond donors (Lipinski definition) is 0. The van der Waals surface area contributed by atoms with E-state index in [1.165, 1.54) is 12.1 Å². The molecule has 0 unspecified atom stereocenters. The molecule has 1 aromatic rings. The van der Waals surface area contributed by atoms with Crippen molar-refractivity contribution in [3.63, 3.8) is 0 Å². The van der Waals surface area contributed by atoms with Crippen molar-refractivity contribution in [3.8, 4) is 0 Å². The summed E-state index contributed by atoms with van der Waals surface area (Å²) >= 11 is 0. The Morgan fingerprint density at radius 1 is 1.20 bits per heavy atom. The van der Waals surface area contributed by atoms with Crippen molar-refractivity contribution in [3.05, 3.63) is 41.7 Å². The van der Waals surface area contributed by atoms with E-state index in [1.54, 1.807) is 6.07 Å². The molecule has 0 bridgehead atoms. The Balaban J connectivity index is 1.47. The highest BCUT2D eigenvalue weighted by Gasteiger charge is 2.25. The Morgan fingerprint density at radius 3 is 2.84 bits per heavy atom. The first-order chi connectivity index (χ1) is 12.2. The predicted octanol–water partition coefficient (Wildman–Crippen LogP) is 2.94. The van der Waals surface area contributed by atoms with Crippen LogP contribution in [0.3, 0.4) is 0 Å². The number of carbonyl (C=O) groups excluding carboxylic acids is 1. The highest BCUT2D eigenvalue weighted by Crippen LogP contribution is 2.17. The number of benzene rings is 1. The Bertz CT molecular complexity index is 599. The van der Waals surface area contributed by atoms with Crippen LogP contribution in [0.5, 0.6) is 0 Å². The maximum atomic E-state index is 13.2. The minimum atomic E-state index is -0.255. The van der Waals surface area contributed by atoms with Crippen LogP contribution in [-0.4, -0.2) is 61.1 Å². The van der Waals surface area contributed by atoms with Crippen molar-refractivity contribution in [1.29, 1.82) is 0 Å². The van der Waals surface area contributed by atoms with E-state index in [2.05, 4.69) is 4.90 Å². The molecular formula is C20H27FN2O2. The van der Waals surface area contributed by atoms with Gasteiger partial charge in [0.05, 0.1) is 0 Å². The Morgan fingerprint density at radius 2 is 2.04 bits per heavy atom. The average Bonchev–Trinajstić information content (AvgIpc) is 2.89. The summed E-state index contributed by atoms with van der Waals surface area (Å²) in [4.78, 5) is 16.9. The molecule has 0 saturated carbocycles. The van der Waals surface area contributed by atoms with Crippen LogP contribution in [-0.2, 0) is 9.53 Å². The molecule has 2 aliphatic heterocycles. The van der Waals surface area contributed by atoms with Crippen LogP contribution in [0.25, 0.3) is 6.08 Å². The molecule has 2 heterocycles. The number of nitrogens with zero attached hydrogens (tertiary/aromatic N) is 2. The zero-order valence-corrected chi connectivity index (χ0v) is 14.7. The van der Waals surface area contributed by atoms with Gasteiger partial charge in [0, 0.05) is 51.9 Å². The molecule has 0 atom stereocenters. The van der Waals surface area contributed by atoms with Crippen LogP contribution in [0, 0.1) is 5.82 Å². The monoisotopic (exact) mass is 346 g/mol. The van der Waals surface area contributed by atoms with Gasteiger partial charge in [-0.25, -0.2) is 4.39 Å². The summed E-state index contributed by atoms with van der Waals surface area (Å²) < 4.78 is 18.6. The predicted molar refractivity (Wildman–Crippen MR) is 96.7 cm³/mol. The molecule has 0 radical (unpaired) electrons. The van der Waals surface area contributed by atoms with Crippen LogP contribution in [0.15, 0.2) is 30.3 Å². The number of halogens is 1. The van der Waals surface area contributed by atoms with E-state index in [0.717, 1.165) is 64.2 Å². The molecule has 2 saturated heterocycles. The standard InChI is InChI=1S/C20H27FN2O2/c21-18-6-1-4-17(16-18)5-2-7-20(24)23-11-3-10-22(12-13-23)19-8-14-25-15-9-19/h1-2,4-6,16,19H,3,7-15H2/b5-2+. The highest BCUT2D eigenvalue weighted by atomic mass is 19.1. The molecule has 25 heavy (non-hydrogen) atoms. The minimum Gasteiger partial charge on any atom is -0.381 e. The van der Waals surface area contributed by atoms with Crippen LogP contribution >= 0.6 is 0 Å². The summed E-state index contributed by atoms with van der Waals surface area (Å²) in [6.07, 6.45) is 7.24. The fraction of sp³-hybridized carbons (Fsp3) is 0.550. The van der Waals surface area contributed by atoms with E-state index >= 15 is 0 Å². The molecule has 0 aliphatic carbocycles. The summed E-state index contributed by atoms with van der Waals surface area (Å²) in [7, 11) is 0. The second-order valence-electron chi connectivity index (χ2n) is 6.78. The molecule has 2 aliphatic rings. The fourth-order valence-corrected chi connectivity index (χ4v) is 3.64. The SMILES string of the molecule is O=C(C/C=C/c1cccc(F)c1)N1CCCN(C2CCOCC2)CC1. The van der Waals surface area contributed by atoms with Crippen molar-refractivity contribution in [2.24, 2.45) is 0 Å². The third-order valence-corrected chi connectivity index (χ3v) is 5.04. The van der Waals surface area contributed by atoms with Crippen LogP contribution in [0.4, 0.5) is 4.39 Å². The Hall–Kier alpha value is -1.72. The lowest BCUT2D eigenvalue weighted by molar-refractivity contribution is -0.130. The van der Waals surface area contributed by atoms with Gasteiger partial charge in [0.15, 0.2) is 0 Å². The van der Waals surface area contributed by atoms with Crippen molar-refractivity contribution in [2.45, 2.75) is 31.7 Å². The first kappa shape index (κ1) is 18.1. The Kier molecular flexibility index (Phi) is 6.59. The maximum Gasteiger partial charge on any atom is 0.226 e. The Labute approximate surface area is 149 Å². The van der Waals surface area contributed by atoms with Gasteiger partial charge in [-0.1, -0.05) is 24.3 Å². The molecule has 1 amide bonds. The second-order valence-corrected chi connectivity index (χ2v) is 6.78. The first-order valence-electron chi connectivity index (χ1n) is 9.24. The zero-order valence-electron chi connectivity index (χ0n) is 14.7. The number of rotatable bonds is 4. The molecule has 0 aromatic heterocycles. The molecule has 1 aromatic carbocycles. The lowest BCUT2D eigenvalue weighted by Crippen LogP contribution is -2.42. The molecule has 0 N–H and O–H groups in total. The number of ether oxygens (including phenoxy) is 1. The van der Waals surface area contributed by atoms with E-state index < -0.39 is 0 Å². The molecule has 136 valence electrons. The quantitative estimate of drug-likeness (QED) is 0.840. The summed E-state index contributed by atoms with van der Waals surface area (Å²) in [5.74, 6) is -0.101. The third-order valence-electron chi connectivity index (χ3n) is 5.04. The van der Waals surface area contributed by atoms with Gasteiger partial charge >= 0.3 is 0 Å². The largest absolute Gasteiger partial charge is 0.381 e. The number of hydrogen-bond acceptors (Lipinski definition) is 3. The highest BCUT2D eigenvalue weighted by molar-refractivity contribution is 5.78. The van der Waals surface area contributed by atoms with E-state index in [4.69, 9.17) is 4.74 Å². The molecule has 3 rings (SSSR count). The van der Waals surface area contributed by atoms with Crippen molar-refractivity contribution < 1.29 is 13.9 Å². The van der Waals surface area contributed by atoms with Gasteiger partial charge in [0.1, 0.15) is 5.82 Å². The van der Waals surface area contributed by atoms with Gasteiger partial charge in [-0.05, 0) is 37.0 Å². The van der Waals surface area contributed by atoms with Gasteiger partial charge in [0.25, 0.3) is 0 Å². The number of carbonyl (C=O) groups is 1. The van der Waals surface area contributed by atoms with Gasteiger partial charge in [-0.2, -0.15) is 0 Å². The van der Waals surface area contributed by atoms with E-state index in [0.29, 0.717) is 12.5 Å². The van der Waals surface area contributed by atoms with Crippen molar-refractivity contribution in [1.82, 2.24) is 9.80 Å². The first-order valence-corrected chi connectivity index (χ1v) is 9.24. The van der Waals surface area contributed by atoms with Crippen LogP contribution < -0.4 is 0 Å². The lowest BCUT2D eigenvalue weighted by atomic mass is 10.1. The second kappa shape index (κ2) is 9.11. The lowest BCUT2D eigenvalue weighted by Gasteiger charge is -2.33. The molecule has 2 fully saturated rings. The van der Waals surface area contributed by atoms with Crippen molar-refractivity contribution >= 4 is 12.0 Å². The summed E-state index contributed by atoms with van der Waals surface area (Å²) in [6.45, 7) is 5.34. The molecular weight excluding hydrogens is 319 g/mol. The van der Waals surface area contributed by atoms with E-state index in [-0.39, 0.29) is 11.7 Å². The summed E-state index contributed by atoms with van der Waals surface area (Å²) in [5, 5.41) is 0. The topological polar surface area (TPSA) is 32.8 Å². The fourth-order valence-electron chi connectivity index (χ4n) is 3.64. The maximum absolute atomic E-state index is 13.2. The summed E-state index contributed by atoms with van der Waals surface area (Å²) in [5.41, 5.74) is 0.786. The van der Waals surface area contributed by atoms with Gasteiger partial charge < -0.3 is 9.64 Å². The molecule has 0 spiro atoms. The number of amides is 1. The van der Waals surface area contributed by atoms with Gasteiger partial charge in [-0.3, -0.25) is 9.69 Å². The minimum absolute atomic E-state index is 0.154. The molecule has 5 heteroatoms. The third kappa shape index (κ3) is 5.38.